The van der Waals surface area contributed by atoms with Gasteiger partial charge in [0.2, 0.25) is 5.95 Å². The minimum Gasteiger partial charge on any atom is -0.377 e. The lowest BCUT2D eigenvalue weighted by molar-refractivity contribution is 0.0596. The minimum atomic E-state index is -0.0747. The van der Waals surface area contributed by atoms with Crippen LogP contribution in [0.15, 0.2) is 35.8 Å². The van der Waals surface area contributed by atoms with E-state index < -0.39 is 0 Å². The first kappa shape index (κ1) is 18.8. The molecule has 1 aliphatic heterocycles. The third kappa shape index (κ3) is 3.83. The maximum atomic E-state index is 13.2. The van der Waals surface area contributed by atoms with Crippen molar-refractivity contribution in [3.63, 3.8) is 0 Å². The van der Waals surface area contributed by atoms with Crippen LogP contribution in [0, 0.1) is 0 Å². The number of pyridine rings is 1. The molecule has 0 bridgehead atoms. The second-order valence-electron chi connectivity index (χ2n) is 6.77. The fourth-order valence-corrected chi connectivity index (χ4v) is 4.22. The number of amides is 1. The molecule has 0 aromatic carbocycles. The molecule has 1 fully saturated rings. The van der Waals surface area contributed by atoms with Crippen molar-refractivity contribution in [1.29, 1.82) is 0 Å². The Kier molecular flexibility index (Phi) is 5.50. The fraction of sp³-hybridized carbons (Fsp3) is 0.400. The standard InChI is InChI=1S/C20H23N5O2S/c1-3-27-14-7-10-25(12-14)19(26)17-18-16(8-11-28-18)23-20(24-17)22-13(2)15-6-4-5-9-21-15/h4-6,8-9,11,13-14H,3,7,10,12H2,1-2H3,(H,22,23,24)/t13-,14?/m0/s1. The average molecular weight is 398 g/mol. The van der Waals surface area contributed by atoms with E-state index in [1.165, 1.54) is 11.3 Å². The van der Waals surface area contributed by atoms with Crippen LogP contribution >= 0.6 is 11.3 Å². The van der Waals surface area contributed by atoms with Crippen LogP contribution < -0.4 is 5.32 Å². The Morgan fingerprint density at radius 3 is 3.07 bits per heavy atom. The number of hydrogen-bond donors (Lipinski definition) is 1. The minimum absolute atomic E-state index is 0.0643. The van der Waals surface area contributed by atoms with Crippen LogP contribution in [0.25, 0.3) is 10.2 Å². The Hall–Kier alpha value is -2.58. The van der Waals surface area contributed by atoms with Crippen molar-refractivity contribution in [3.8, 4) is 0 Å². The van der Waals surface area contributed by atoms with E-state index in [4.69, 9.17) is 4.74 Å². The molecule has 2 atom stereocenters. The summed E-state index contributed by atoms with van der Waals surface area (Å²) in [6, 6.07) is 7.62. The summed E-state index contributed by atoms with van der Waals surface area (Å²) in [5, 5.41) is 5.22. The maximum Gasteiger partial charge on any atom is 0.274 e. The molecule has 4 heterocycles. The maximum absolute atomic E-state index is 13.2. The molecule has 28 heavy (non-hydrogen) atoms. The molecule has 1 saturated heterocycles. The molecule has 8 heteroatoms. The van der Waals surface area contributed by atoms with Gasteiger partial charge in [-0.15, -0.1) is 11.3 Å². The van der Waals surface area contributed by atoms with E-state index in [2.05, 4.69) is 20.3 Å². The molecule has 0 spiro atoms. The van der Waals surface area contributed by atoms with Gasteiger partial charge in [-0.05, 0) is 43.8 Å². The number of carbonyl (C=O) groups excluding carboxylic acids is 1. The van der Waals surface area contributed by atoms with E-state index >= 15 is 0 Å². The van der Waals surface area contributed by atoms with E-state index in [1.54, 1.807) is 6.20 Å². The average Bonchev–Trinajstić information content (AvgIpc) is 3.37. The third-order valence-electron chi connectivity index (χ3n) is 4.82. The number of thiophene rings is 1. The number of ether oxygens (including phenoxy) is 1. The zero-order chi connectivity index (χ0) is 19.5. The third-order valence-corrected chi connectivity index (χ3v) is 5.73. The lowest BCUT2D eigenvalue weighted by atomic mass is 10.2. The molecule has 0 saturated carbocycles. The first-order chi connectivity index (χ1) is 13.7. The molecular weight excluding hydrogens is 374 g/mol. The summed E-state index contributed by atoms with van der Waals surface area (Å²) in [5.74, 6) is 0.374. The Morgan fingerprint density at radius 2 is 2.29 bits per heavy atom. The van der Waals surface area contributed by atoms with Crippen molar-refractivity contribution in [3.05, 3.63) is 47.2 Å². The van der Waals surface area contributed by atoms with Crippen LogP contribution in [-0.4, -0.2) is 51.6 Å². The van der Waals surface area contributed by atoms with Crippen LogP contribution in [0.4, 0.5) is 5.95 Å². The quantitative estimate of drug-likeness (QED) is 0.686. The molecule has 7 nitrogen and oxygen atoms in total. The summed E-state index contributed by atoms with van der Waals surface area (Å²) < 4.78 is 6.49. The van der Waals surface area contributed by atoms with Gasteiger partial charge >= 0.3 is 0 Å². The molecule has 1 aliphatic rings. The Morgan fingerprint density at radius 1 is 1.39 bits per heavy atom. The van der Waals surface area contributed by atoms with Gasteiger partial charge in [-0.2, -0.15) is 0 Å². The number of fused-ring (bicyclic) bond motifs is 1. The van der Waals surface area contributed by atoms with Crippen LogP contribution in [0.3, 0.4) is 0 Å². The highest BCUT2D eigenvalue weighted by Gasteiger charge is 2.30. The van der Waals surface area contributed by atoms with Gasteiger partial charge in [0.25, 0.3) is 5.91 Å². The zero-order valence-corrected chi connectivity index (χ0v) is 16.8. The Balaban J connectivity index is 1.60. The molecule has 3 aromatic rings. The number of aromatic nitrogens is 3. The van der Waals surface area contributed by atoms with Gasteiger partial charge in [0.05, 0.1) is 28.1 Å². The number of nitrogens with one attached hydrogen (secondary N) is 1. The highest BCUT2D eigenvalue weighted by molar-refractivity contribution is 7.17. The first-order valence-corrected chi connectivity index (χ1v) is 10.4. The fourth-order valence-electron chi connectivity index (χ4n) is 3.41. The normalized spacial score (nSPS) is 17.8. The Bertz CT molecular complexity index is 962. The molecule has 1 N–H and O–H groups in total. The second-order valence-corrected chi connectivity index (χ2v) is 7.68. The molecular formula is C20H23N5O2S. The van der Waals surface area contributed by atoms with Gasteiger partial charge < -0.3 is 15.0 Å². The molecule has 4 rings (SSSR count). The Labute approximate surface area is 167 Å². The van der Waals surface area contributed by atoms with Crippen molar-refractivity contribution in [2.45, 2.75) is 32.4 Å². The summed E-state index contributed by atoms with van der Waals surface area (Å²) >= 11 is 1.49. The lowest BCUT2D eigenvalue weighted by Gasteiger charge is -2.18. The lowest BCUT2D eigenvalue weighted by Crippen LogP contribution is -2.31. The van der Waals surface area contributed by atoms with E-state index in [1.807, 2.05) is 48.4 Å². The van der Waals surface area contributed by atoms with E-state index in [9.17, 15) is 4.79 Å². The molecule has 3 aromatic heterocycles. The molecule has 1 amide bonds. The van der Waals surface area contributed by atoms with E-state index in [0.29, 0.717) is 31.3 Å². The monoisotopic (exact) mass is 397 g/mol. The molecule has 0 aliphatic carbocycles. The highest BCUT2D eigenvalue weighted by Crippen LogP contribution is 2.27. The van der Waals surface area contributed by atoms with Crippen LogP contribution in [0.5, 0.6) is 0 Å². The topological polar surface area (TPSA) is 80.2 Å². The van der Waals surface area contributed by atoms with E-state index in [-0.39, 0.29) is 18.1 Å². The predicted octanol–water partition coefficient (Wildman–Crippen LogP) is 3.51. The number of likely N-dealkylation sites (tertiary alicyclic amines) is 1. The van der Waals surface area contributed by atoms with Gasteiger partial charge in [0.1, 0.15) is 0 Å². The smallest absolute Gasteiger partial charge is 0.274 e. The molecule has 1 unspecified atom stereocenters. The van der Waals surface area contributed by atoms with Crippen molar-refractivity contribution in [1.82, 2.24) is 19.9 Å². The van der Waals surface area contributed by atoms with Crippen LogP contribution in [-0.2, 0) is 4.74 Å². The van der Waals surface area contributed by atoms with Gasteiger partial charge in [0.15, 0.2) is 5.69 Å². The highest BCUT2D eigenvalue weighted by atomic mass is 32.1. The summed E-state index contributed by atoms with van der Waals surface area (Å²) in [7, 11) is 0. The number of carbonyl (C=O) groups is 1. The summed E-state index contributed by atoms with van der Waals surface area (Å²) in [5.41, 5.74) is 2.12. The number of anilines is 1. The number of rotatable bonds is 6. The summed E-state index contributed by atoms with van der Waals surface area (Å²) in [6.45, 7) is 5.93. The summed E-state index contributed by atoms with van der Waals surface area (Å²) in [6.07, 6.45) is 2.73. The summed E-state index contributed by atoms with van der Waals surface area (Å²) in [4.78, 5) is 28.5. The number of nitrogens with zero attached hydrogens (tertiary/aromatic N) is 4. The largest absolute Gasteiger partial charge is 0.377 e. The number of hydrogen-bond acceptors (Lipinski definition) is 7. The van der Waals surface area contributed by atoms with Crippen molar-refractivity contribution in [2.24, 2.45) is 0 Å². The zero-order valence-electron chi connectivity index (χ0n) is 16.0. The van der Waals surface area contributed by atoms with Crippen LogP contribution in [0.1, 0.15) is 42.5 Å². The van der Waals surface area contributed by atoms with Crippen molar-refractivity contribution < 1.29 is 9.53 Å². The van der Waals surface area contributed by atoms with Gasteiger partial charge in [-0.3, -0.25) is 9.78 Å². The van der Waals surface area contributed by atoms with Gasteiger partial charge in [-0.25, -0.2) is 9.97 Å². The van der Waals surface area contributed by atoms with E-state index in [0.717, 1.165) is 22.3 Å². The van der Waals surface area contributed by atoms with Crippen molar-refractivity contribution >= 4 is 33.4 Å². The molecule has 0 radical (unpaired) electrons. The van der Waals surface area contributed by atoms with Crippen LogP contribution in [0.2, 0.25) is 0 Å². The SMILES string of the molecule is CCOC1CCN(C(=O)c2nc(N[C@@H](C)c3ccccn3)nc3ccsc23)C1. The first-order valence-electron chi connectivity index (χ1n) is 9.49. The second kappa shape index (κ2) is 8.20. The predicted molar refractivity (Wildman–Crippen MR) is 110 cm³/mol. The molecule has 146 valence electrons. The van der Waals surface area contributed by atoms with Gasteiger partial charge in [-0.1, -0.05) is 6.07 Å². The van der Waals surface area contributed by atoms with Crippen molar-refractivity contribution in [2.75, 3.05) is 25.0 Å². The van der Waals surface area contributed by atoms with Gasteiger partial charge in [0, 0.05) is 25.9 Å².